The summed E-state index contributed by atoms with van der Waals surface area (Å²) in [6.07, 6.45) is 6.21. The lowest BCUT2D eigenvalue weighted by atomic mass is 9.88. The van der Waals surface area contributed by atoms with Crippen LogP contribution in [0.4, 0.5) is 5.95 Å². The Morgan fingerprint density at radius 3 is 3.00 bits per heavy atom. The number of hydrogen-bond acceptors (Lipinski definition) is 5. The van der Waals surface area contributed by atoms with Gasteiger partial charge in [-0.2, -0.15) is 5.10 Å². The van der Waals surface area contributed by atoms with Crippen molar-refractivity contribution < 1.29 is 4.79 Å². The van der Waals surface area contributed by atoms with E-state index in [2.05, 4.69) is 25.8 Å². The first-order chi connectivity index (χ1) is 7.83. The maximum absolute atomic E-state index is 11.9. The summed E-state index contributed by atoms with van der Waals surface area (Å²) in [4.78, 5) is 15.9. The van der Waals surface area contributed by atoms with Crippen molar-refractivity contribution in [2.24, 2.45) is 5.92 Å². The topological polar surface area (TPSA) is 79.8 Å². The van der Waals surface area contributed by atoms with Gasteiger partial charge in [-0.3, -0.25) is 10.1 Å². The number of rotatable bonds is 2. The molecule has 2 aliphatic rings. The first-order valence-electron chi connectivity index (χ1n) is 5.53. The van der Waals surface area contributed by atoms with Crippen LogP contribution in [0.5, 0.6) is 0 Å². The van der Waals surface area contributed by atoms with Crippen molar-refractivity contribution in [2.45, 2.75) is 31.3 Å². The van der Waals surface area contributed by atoms with Crippen LogP contribution in [0.3, 0.4) is 0 Å². The van der Waals surface area contributed by atoms with Crippen LogP contribution < -0.4 is 10.6 Å². The molecular formula is C10H13N5O. The van der Waals surface area contributed by atoms with E-state index >= 15 is 0 Å². The number of amides is 1. The largest absolute Gasteiger partial charge is 0.310 e. The molecule has 0 aromatic carbocycles. The first kappa shape index (κ1) is 9.65. The van der Waals surface area contributed by atoms with Crippen molar-refractivity contribution in [3.05, 3.63) is 12.4 Å². The summed E-state index contributed by atoms with van der Waals surface area (Å²) in [7, 11) is 0. The van der Waals surface area contributed by atoms with Gasteiger partial charge in [-0.25, -0.2) is 4.98 Å². The van der Waals surface area contributed by atoms with Gasteiger partial charge < -0.3 is 5.32 Å². The maximum atomic E-state index is 11.9. The van der Waals surface area contributed by atoms with Crippen molar-refractivity contribution in [1.29, 1.82) is 0 Å². The number of anilines is 1. The minimum Gasteiger partial charge on any atom is -0.310 e. The van der Waals surface area contributed by atoms with Crippen LogP contribution in [0.15, 0.2) is 12.4 Å². The summed E-state index contributed by atoms with van der Waals surface area (Å²) in [6.45, 7) is 0. The van der Waals surface area contributed by atoms with Crippen LogP contribution in [-0.2, 0) is 4.79 Å². The number of hydrogen-bond donors (Lipinski definition) is 2. The molecule has 1 aromatic heterocycles. The molecule has 84 valence electrons. The molecule has 3 heterocycles. The molecule has 3 atom stereocenters. The molecule has 6 nitrogen and oxygen atoms in total. The Kier molecular flexibility index (Phi) is 2.28. The van der Waals surface area contributed by atoms with Gasteiger partial charge in [0, 0.05) is 12.1 Å². The molecule has 2 saturated heterocycles. The molecular weight excluding hydrogens is 206 g/mol. The van der Waals surface area contributed by atoms with Crippen LogP contribution in [0.25, 0.3) is 0 Å². The van der Waals surface area contributed by atoms with Gasteiger partial charge in [0.15, 0.2) is 0 Å². The number of nitrogens with one attached hydrogen (secondary N) is 2. The quantitative estimate of drug-likeness (QED) is 0.729. The number of aromatic nitrogens is 3. The van der Waals surface area contributed by atoms with E-state index in [4.69, 9.17) is 0 Å². The highest BCUT2D eigenvalue weighted by Crippen LogP contribution is 2.33. The van der Waals surface area contributed by atoms with Crippen LogP contribution in [0.2, 0.25) is 0 Å². The third kappa shape index (κ3) is 1.65. The normalized spacial score (nSPS) is 31.6. The van der Waals surface area contributed by atoms with E-state index in [0.29, 0.717) is 12.1 Å². The third-order valence-corrected chi connectivity index (χ3v) is 3.35. The van der Waals surface area contributed by atoms with Crippen molar-refractivity contribution in [3.63, 3.8) is 0 Å². The highest BCUT2D eigenvalue weighted by atomic mass is 16.2. The van der Waals surface area contributed by atoms with Gasteiger partial charge in [0.05, 0.1) is 18.3 Å². The Bertz CT molecular complexity index is 395. The van der Waals surface area contributed by atoms with Crippen LogP contribution >= 0.6 is 0 Å². The predicted octanol–water partition coefficient (Wildman–Crippen LogP) is -0.0494. The average molecular weight is 219 g/mol. The fraction of sp³-hybridized carbons (Fsp3) is 0.600. The standard InChI is InChI=1S/C10H13N5O/c16-9(14-10-11-3-4-12-15-10)7-5-6-1-2-8(7)13-6/h3-4,6-8,13H,1-2,5H2,(H,11,14,15,16). The molecule has 0 aliphatic carbocycles. The van der Waals surface area contributed by atoms with E-state index in [-0.39, 0.29) is 17.8 Å². The Labute approximate surface area is 92.9 Å². The Morgan fingerprint density at radius 1 is 1.44 bits per heavy atom. The van der Waals surface area contributed by atoms with E-state index in [9.17, 15) is 4.79 Å². The SMILES string of the molecule is O=C(Nc1nccnn1)C1CC2CCC1N2. The maximum Gasteiger partial charge on any atom is 0.249 e. The van der Waals surface area contributed by atoms with Gasteiger partial charge >= 0.3 is 0 Å². The van der Waals surface area contributed by atoms with E-state index in [0.717, 1.165) is 12.8 Å². The lowest BCUT2D eigenvalue weighted by Crippen LogP contribution is -2.33. The number of fused-ring (bicyclic) bond motifs is 2. The average Bonchev–Trinajstić information content (AvgIpc) is 2.92. The summed E-state index contributed by atoms with van der Waals surface area (Å²) in [6, 6.07) is 0.859. The zero-order valence-corrected chi connectivity index (χ0v) is 8.76. The molecule has 1 amide bonds. The first-order valence-corrected chi connectivity index (χ1v) is 5.53. The number of carbonyl (C=O) groups excluding carboxylic acids is 1. The lowest BCUT2D eigenvalue weighted by molar-refractivity contribution is -0.120. The summed E-state index contributed by atoms with van der Waals surface area (Å²) in [5, 5.41) is 13.5. The molecule has 0 spiro atoms. The zero-order chi connectivity index (χ0) is 11.0. The highest BCUT2D eigenvalue weighted by Gasteiger charge is 2.42. The van der Waals surface area contributed by atoms with Crippen molar-refractivity contribution >= 4 is 11.9 Å². The lowest BCUT2D eigenvalue weighted by Gasteiger charge is -2.18. The minimum atomic E-state index is 0.00713. The molecule has 3 rings (SSSR count). The minimum absolute atomic E-state index is 0.00713. The van der Waals surface area contributed by atoms with E-state index in [1.165, 1.54) is 18.8 Å². The molecule has 2 fully saturated rings. The van der Waals surface area contributed by atoms with E-state index in [1.54, 1.807) is 0 Å². The fourth-order valence-electron chi connectivity index (χ4n) is 2.62. The highest BCUT2D eigenvalue weighted by molar-refractivity contribution is 5.91. The summed E-state index contributed by atoms with van der Waals surface area (Å²) in [5.74, 6) is 0.352. The summed E-state index contributed by atoms with van der Waals surface area (Å²) in [5.41, 5.74) is 0. The molecule has 3 unspecified atom stereocenters. The van der Waals surface area contributed by atoms with Crippen molar-refractivity contribution in [2.75, 3.05) is 5.32 Å². The van der Waals surface area contributed by atoms with Crippen LogP contribution in [0, 0.1) is 5.92 Å². The van der Waals surface area contributed by atoms with Gasteiger partial charge in [0.25, 0.3) is 0 Å². The zero-order valence-electron chi connectivity index (χ0n) is 8.76. The Morgan fingerprint density at radius 2 is 2.38 bits per heavy atom. The van der Waals surface area contributed by atoms with Crippen molar-refractivity contribution in [3.8, 4) is 0 Å². The molecule has 0 radical (unpaired) electrons. The molecule has 16 heavy (non-hydrogen) atoms. The Balaban J connectivity index is 1.66. The number of nitrogens with zero attached hydrogens (tertiary/aromatic N) is 3. The third-order valence-electron chi connectivity index (χ3n) is 3.35. The summed E-state index contributed by atoms with van der Waals surface area (Å²) >= 11 is 0. The van der Waals surface area contributed by atoms with Gasteiger partial charge in [-0.15, -0.1) is 5.10 Å². The van der Waals surface area contributed by atoms with Crippen molar-refractivity contribution in [1.82, 2.24) is 20.5 Å². The molecule has 2 bridgehead atoms. The second-order valence-corrected chi connectivity index (χ2v) is 4.35. The summed E-state index contributed by atoms with van der Waals surface area (Å²) < 4.78 is 0. The van der Waals surface area contributed by atoms with Crippen LogP contribution in [0.1, 0.15) is 19.3 Å². The molecule has 6 heteroatoms. The number of carbonyl (C=O) groups is 1. The molecule has 2 aliphatic heterocycles. The fourth-order valence-corrected chi connectivity index (χ4v) is 2.62. The Hall–Kier alpha value is -1.56. The van der Waals surface area contributed by atoms with E-state index in [1.807, 2.05) is 0 Å². The smallest absolute Gasteiger partial charge is 0.249 e. The molecule has 2 N–H and O–H groups in total. The molecule has 1 aromatic rings. The van der Waals surface area contributed by atoms with Gasteiger partial charge in [0.2, 0.25) is 11.9 Å². The van der Waals surface area contributed by atoms with Gasteiger partial charge in [-0.05, 0) is 19.3 Å². The second kappa shape index (κ2) is 3.79. The van der Waals surface area contributed by atoms with Crippen LogP contribution in [-0.4, -0.2) is 33.2 Å². The second-order valence-electron chi connectivity index (χ2n) is 4.35. The van der Waals surface area contributed by atoms with E-state index < -0.39 is 0 Å². The predicted molar refractivity (Wildman–Crippen MR) is 56.5 cm³/mol. The van der Waals surface area contributed by atoms with Gasteiger partial charge in [-0.1, -0.05) is 0 Å². The monoisotopic (exact) mass is 219 g/mol. The molecule has 0 saturated carbocycles. The van der Waals surface area contributed by atoms with Gasteiger partial charge in [0.1, 0.15) is 0 Å².